The van der Waals surface area contributed by atoms with Gasteiger partial charge in [-0.05, 0) is 31.4 Å². The molecular formula is C11H11NO. The van der Waals surface area contributed by atoms with E-state index < -0.39 is 0 Å². The molecule has 1 fully saturated rings. The van der Waals surface area contributed by atoms with Gasteiger partial charge in [0.15, 0.2) is 5.78 Å². The van der Waals surface area contributed by atoms with Crippen molar-refractivity contribution in [1.82, 2.24) is 0 Å². The molecule has 0 radical (unpaired) electrons. The second-order valence-corrected chi connectivity index (χ2v) is 3.94. The number of anilines is 1. The Labute approximate surface area is 77.0 Å². The molecular weight excluding hydrogens is 162 g/mol. The number of para-hydroxylation sites is 1. The van der Waals surface area contributed by atoms with Crippen molar-refractivity contribution in [1.29, 1.82) is 0 Å². The number of carbonyl (C=O) groups excluding carboxylic acids is 1. The van der Waals surface area contributed by atoms with Gasteiger partial charge in [0.2, 0.25) is 0 Å². The van der Waals surface area contributed by atoms with E-state index in [0.717, 1.165) is 24.1 Å². The van der Waals surface area contributed by atoms with Crippen molar-refractivity contribution in [2.45, 2.75) is 24.8 Å². The van der Waals surface area contributed by atoms with Crippen molar-refractivity contribution < 1.29 is 4.79 Å². The Morgan fingerprint density at radius 2 is 2.00 bits per heavy atom. The van der Waals surface area contributed by atoms with Gasteiger partial charge in [0, 0.05) is 11.3 Å². The molecule has 0 atom stereocenters. The van der Waals surface area contributed by atoms with Crippen LogP contribution in [0.3, 0.4) is 0 Å². The molecule has 1 aliphatic heterocycles. The van der Waals surface area contributed by atoms with Gasteiger partial charge in [0.05, 0.1) is 0 Å². The molecule has 1 aromatic rings. The highest BCUT2D eigenvalue weighted by Gasteiger charge is 2.49. The van der Waals surface area contributed by atoms with Crippen LogP contribution in [0.25, 0.3) is 0 Å². The van der Waals surface area contributed by atoms with Crippen LogP contribution in [0.1, 0.15) is 29.6 Å². The molecule has 1 N–H and O–H groups in total. The first kappa shape index (κ1) is 7.13. The Morgan fingerprint density at radius 3 is 2.62 bits per heavy atom. The standard InChI is InChI=1S/C11H11NO/c13-10-8-4-1-2-5-9(8)12-11(10)6-3-7-11/h1-2,4-5,12H,3,6-7H2. The molecule has 0 amide bonds. The highest BCUT2D eigenvalue weighted by atomic mass is 16.1. The summed E-state index contributed by atoms with van der Waals surface area (Å²) in [7, 11) is 0. The van der Waals surface area contributed by atoms with Gasteiger partial charge in [-0.15, -0.1) is 0 Å². The summed E-state index contributed by atoms with van der Waals surface area (Å²) in [6.07, 6.45) is 3.17. The van der Waals surface area contributed by atoms with Gasteiger partial charge >= 0.3 is 0 Å². The highest BCUT2D eigenvalue weighted by molar-refractivity contribution is 6.13. The van der Waals surface area contributed by atoms with Gasteiger partial charge in [-0.1, -0.05) is 12.1 Å². The van der Waals surface area contributed by atoms with E-state index in [1.165, 1.54) is 6.42 Å². The number of nitrogens with one attached hydrogen (secondary N) is 1. The normalized spacial score (nSPS) is 22.3. The number of ketones is 1. The SMILES string of the molecule is O=C1c2ccccc2NC12CCC2. The zero-order chi connectivity index (χ0) is 8.89. The van der Waals surface area contributed by atoms with Gasteiger partial charge in [0.1, 0.15) is 5.54 Å². The van der Waals surface area contributed by atoms with Crippen molar-refractivity contribution in [2.24, 2.45) is 0 Å². The summed E-state index contributed by atoms with van der Waals surface area (Å²) >= 11 is 0. The molecule has 0 aromatic heterocycles. The molecule has 1 aliphatic carbocycles. The van der Waals surface area contributed by atoms with Crippen molar-refractivity contribution in [3.63, 3.8) is 0 Å². The van der Waals surface area contributed by atoms with Crippen LogP contribution in [0.2, 0.25) is 0 Å². The van der Waals surface area contributed by atoms with Crippen LogP contribution >= 0.6 is 0 Å². The van der Waals surface area contributed by atoms with E-state index in [2.05, 4.69) is 5.32 Å². The molecule has 66 valence electrons. The van der Waals surface area contributed by atoms with E-state index in [4.69, 9.17) is 0 Å². The van der Waals surface area contributed by atoms with Gasteiger partial charge in [0.25, 0.3) is 0 Å². The maximum absolute atomic E-state index is 11.9. The predicted octanol–water partition coefficient (Wildman–Crippen LogP) is 2.22. The van der Waals surface area contributed by atoms with E-state index in [0.29, 0.717) is 5.78 Å². The van der Waals surface area contributed by atoms with Gasteiger partial charge < -0.3 is 5.32 Å². The van der Waals surface area contributed by atoms with Gasteiger partial charge in [-0.3, -0.25) is 4.79 Å². The summed E-state index contributed by atoms with van der Waals surface area (Å²) in [5.74, 6) is 0.300. The van der Waals surface area contributed by atoms with Crippen LogP contribution in [0.15, 0.2) is 24.3 Å². The molecule has 0 bridgehead atoms. The first-order valence-corrected chi connectivity index (χ1v) is 4.74. The monoisotopic (exact) mass is 173 g/mol. The fraction of sp³-hybridized carbons (Fsp3) is 0.364. The second kappa shape index (κ2) is 2.13. The number of rotatable bonds is 0. The van der Waals surface area contributed by atoms with Crippen molar-refractivity contribution in [3.05, 3.63) is 29.8 Å². The molecule has 1 spiro atoms. The van der Waals surface area contributed by atoms with E-state index in [-0.39, 0.29) is 5.54 Å². The maximum atomic E-state index is 11.9. The van der Waals surface area contributed by atoms with Crippen LogP contribution < -0.4 is 5.32 Å². The number of benzene rings is 1. The summed E-state index contributed by atoms with van der Waals surface area (Å²) in [5, 5.41) is 3.35. The Morgan fingerprint density at radius 1 is 1.23 bits per heavy atom. The van der Waals surface area contributed by atoms with Crippen LogP contribution in [-0.2, 0) is 0 Å². The number of Topliss-reactive ketones (excluding diaryl/α,β-unsaturated/α-hetero) is 1. The van der Waals surface area contributed by atoms with Gasteiger partial charge in [-0.25, -0.2) is 0 Å². The summed E-state index contributed by atoms with van der Waals surface area (Å²) in [6.45, 7) is 0. The molecule has 3 rings (SSSR count). The van der Waals surface area contributed by atoms with Crippen molar-refractivity contribution in [3.8, 4) is 0 Å². The summed E-state index contributed by atoms with van der Waals surface area (Å²) in [4.78, 5) is 11.9. The summed E-state index contributed by atoms with van der Waals surface area (Å²) in [5.41, 5.74) is 1.69. The zero-order valence-corrected chi connectivity index (χ0v) is 7.34. The first-order valence-electron chi connectivity index (χ1n) is 4.74. The number of hydrogen-bond acceptors (Lipinski definition) is 2. The van der Waals surface area contributed by atoms with E-state index in [9.17, 15) is 4.79 Å². The lowest BCUT2D eigenvalue weighted by molar-refractivity contribution is 0.0848. The average molecular weight is 173 g/mol. The van der Waals surface area contributed by atoms with Gasteiger partial charge in [-0.2, -0.15) is 0 Å². The molecule has 13 heavy (non-hydrogen) atoms. The maximum Gasteiger partial charge on any atom is 0.190 e. The van der Waals surface area contributed by atoms with Crippen molar-refractivity contribution in [2.75, 3.05) is 5.32 Å². The summed E-state index contributed by atoms with van der Waals surface area (Å²) < 4.78 is 0. The topological polar surface area (TPSA) is 29.1 Å². The zero-order valence-electron chi connectivity index (χ0n) is 7.34. The lowest BCUT2D eigenvalue weighted by Gasteiger charge is -2.36. The minimum absolute atomic E-state index is 0.205. The molecule has 2 aliphatic rings. The molecule has 1 aromatic carbocycles. The lowest BCUT2D eigenvalue weighted by atomic mass is 9.74. The third-order valence-corrected chi connectivity index (χ3v) is 3.19. The Hall–Kier alpha value is -1.31. The Bertz CT molecular complexity index is 379. The molecule has 1 heterocycles. The molecule has 0 unspecified atom stereocenters. The van der Waals surface area contributed by atoms with E-state index in [1.54, 1.807) is 0 Å². The number of hydrogen-bond donors (Lipinski definition) is 1. The van der Waals surface area contributed by atoms with E-state index >= 15 is 0 Å². The average Bonchev–Trinajstić information content (AvgIpc) is 2.40. The summed E-state index contributed by atoms with van der Waals surface area (Å²) in [6, 6.07) is 7.80. The minimum Gasteiger partial charge on any atom is -0.372 e. The molecule has 1 saturated carbocycles. The fourth-order valence-electron chi connectivity index (χ4n) is 2.24. The van der Waals surface area contributed by atoms with E-state index in [1.807, 2.05) is 24.3 Å². The fourth-order valence-corrected chi connectivity index (χ4v) is 2.24. The Balaban J connectivity index is 2.11. The third kappa shape index (κ3) is 0.755. The highest BCUT2D eigenvalue weighted by Crippen LogP contribution is 2.44. The smallest absolute Gasteiger partial charge is 0.190 e. The van der Waals surface area contributed by atoms with Crippen molar-refractivity contribution >= 4 is 11.5 Å². The lowest BCUT2D eigenvalue weighted by Crippen LogP contribution is -2.47. The molecule has 2 nitrogen and oxygen atoms in total. The van der Waals surface area contributed by atoms with Crippen LogP contribution in [-0.4, -0.2) is 11.3 Å². The Kier molecular flexibility index (Phi) is 1.17. The molecule has 2 heteroatoms. The number of carbonyl (C=O) groups is 1. The van der Waals surface area contributed by atoms with Crippen LogP contribution in [0.5, 0.6) is 0 Å². The molecule has 0 saturated heterocycles. The third-order valence-electron chi connectivity index (χ3n) is 3.19. The largest absolute Gasteiger partial charge is 0.372 e. The quantitative estimate of drug-likeness (QED) is 0.651. The minimum atomic E-state index is -0.205. The number of fused-ring (bicyclic) bond motifs is 1. The second-order valence-electron chi connectivity index (χ2n) is 3.94. The van der Waals surface area contributed by atoms with Crippen LogP contribution in [0, 0.1) is 0 Å². The first-order chi connectivity index (χ1) is 6.32. The van der Waals surface area contributed by atoms with Crippen LogP contribution in [0.4, 0.5) is 5.69 Å². The predicted molar refractivity (Wildman–Crippen MR) is 51.0 cm³/mol.